The number of halogens is 1. The highest BCUT2D eigenvalue weighted by molar-refractivity contribution is 9.11. The van der Waals surface area contributed by atoms with Gasteiger partial charge in [0.25, 0.3) is 5.91 Å². The second-order valence-electron chi connectivity index (χ2n) is 4.87. The number of Topliss-reactive ketones (excluding diaryl/α,β-unsaturated/α-hetero) is 1. The van der Waals surface area contributed by atoms with E-state index in [1.807, 2.05) is 22.4 Å². The minimum atomic E-state index is -0.00438. The van der Waals surface area contributed by atoms with E-state index in [0.29, 0.717) is 18.1 Å². The molecule has 2 aromatic heterocycles. The number of hydrogen-bond donors (Lipinski definition) is 0. The van der Waals surface area contributed by atoms with Crippen molar-refractivity contribution in [1.82, 2.24) is 9.88 Å². The van der Waals surface area contributed by atoms with Crippen molar-refractivity contribution in [3.8, 4) is 0 Å². The summed E-state index contributed by atoms with van der Waals surface area (Å²) >= 11 is 6.20. The second kappa shape index (κ2) is 6.37. The molecule has 1 fully saturated rings. The highest BCUT2D eigenvalue weighted by Crippen LogP contribution is 2.27. The van der Waals surface area contributed by atoms with Crippen molar-refractivity contribution in [1.29, 1.82) is 0 Å². The van der Waals surface area contributed by atoms with E-state index in [9.17, 15) is 9.59 Å². The predicted octanol–water partition coefficient (Wildman–Crippen LogP) is 3.70. The van der Waals surface area contributed by atoms with Crippen LogP contribution in [0.5, 0.6) is 0 Å². The first-order valence-electron chi connectivity index (χ1n) is 6.63. The van der Waals surface area contributed by atoms with Gasteiger partial charge in [-0.3, -0.25) is 9.59 Å². The van der Waals surface area contributed by atoms with Crippen molar-refractivity contribution in [2.24, 2.45) is 5.92 Å². The summed E-state index contributed by atoms with van der Waals surface area (Å²) in [6.45, 7) is 1.27. The Labute approximate surface area is 138 Å². The summed E-state index contributed by atoms with van der Waals surface area (Å²) in [6.07, 6.45) is 3.10. The summed E-state index contributed by atoms with van der Waals surface area (Å²) in [5.74, 6) is 0.178. The molecule has 0 saturated carbocycles. The SMILES string of the molecule is O=C(c1nccs1)C1CCN(C(=O)c2ccc(Br)s2)CC1. The van der Waals surface area contributed by atoms with Crippen LogP contribution in [-0.4, -0.2) is 34.7 Å². The van der Waals surface area contributed by atoms with E-state index >= 15 is 0 Å². The summed E-state index contributed by atoms with van der Waals surface area (Å²) in [5.41, 5.74) is 0. The number of aromatic nitrogens is 1. The standard InChI is InChI=1S/C14H13BrN2O2S2/c15-11-2-1-10(21-11)14(19)17-6-3-9(4-7-17)12(18)13-16-5-8-20-13/h1-2,5,8-9H,3-4,6-7H2. The summed E-state index contributed by atoms with van der Waals surface area (Å²) in [4.78, 5) is 31.2. The molecule has 1 saturated heterocycles. The molecule has 7 heteroatoms. The number of carbonyl (C=O) groups excluding carboxylic acids is 2. The first-order valence-corrected chi connectivity index (χ1v) is 9.12. The van der Waals surface area contributed by atoms with Crippen LogP contribution in [0.3, 0.4) is 0 Å². The highest BCUT2D eigenvalue weighted by Gasteiger charge is 2.29. The Kier molecular flexibility index (Phi) is 4.51. The molecule has 1 aliphatic rings. The fourth-order valence-corrected chi connectivity index (χ4v) is 4.46. The summed E-state index contributed by atoms with van der Waals surface area (Å²) < 4.78 is 0.958. The van der Waals surface area contributed by atoms with Gasteiger partial charge in [-0.05, 0) is 40.9 Å². The third-order valence-corrected chi connectivity index (χ3v) is 5.98. The first-order chi connectivity index (χ1) is 10.1. The van der Waals surface area contributed by atoms with Gasteiger partial charge in [-0.25, -0.2) is 4.98 Å². The van der Waals surface area contributed by atoms with E-state index in [4.69, 9.17) is 0 Å². The van der Waals surface area contributed by atoms with E-state index in [2.05, 4.69) is 20.9 Å². The third kappa shape index (κ3) is 3.25. The topological polar surface area (TPSA) is 50.3 Å². The molecule has 2 aromatic rings. The summed E-state index contributed by atoms with van der Waals surface area (Å²) in [6, 6.07) is 3.72. The molecule has 21 heavy (non-hydrogen) atoms. The minimum Gasteiger partial charge on any atom is -0.338 e. The number of amides is 1. The van der Waals surface area contributed by atoms with Gasteiger partial charge in [0, 0.05) is 30.6 Å². The van der Waals surface area contributed by atoms with Crippen molar-refractivity contribution in [2.75, 3.05) is 13.1 Å². The number of thiazole rings is 1. The minimum absolute atomic E-state index is 0.00438. The zero-order chi connectivity index (χ0) is 14.8. The molecular formula is C14H13BrN2O2S2. The normalized spacial score (nSPS) is 16.1. The van der Waals surface area contributed by atoms with Crippen LogP contribution >= 0.6 is 38.6 Å². The van der Waals surface area contributed by atoms with Gasteiger partial charge in [0.05, 0.1) is 8.66 Å². The molecule has 3 rings (SSSR count). The molecule has 0 bridgehead atoms. The van der Waals surface area contributed by atoms with Gasteiger partial charge in [-0.2, -0.15) is 0 Å². The molecule has 1 aliphatic heterocycles. The lowest BCUT2D eigenvalue weighted by atomic mass is 9.92. The molecule has 0 spiro atoms. The van der Waals surface area contributed by atoms with Crippen LogP contribution in [-0.2, 0) is 0 Å². The first kappa shape index (κ1) is 14.9. The van der Waals surface area contributed by atoms with Crippen LogP contribution in [0.4, 0.5) is 0 Å². The Morgan fingerprint density at radius 1 is 1.29 bits per heavy atom. The number of piperidine rings is 1. The number of ketones is 1. The largest absolute Gasteiger partial charge is 0.338 e. The lowest BCUT2D eigenvalue weighted by Gasteiger charge is -2.30. The zero-order valence-corrected chi connectivity index (χ0v) is 14.3. The fraction of sp³-hybridized carbons (Fsp3) is 0.357. The van der Waals surface area contributed by atoms with Crippen molar-refractivity contribution >= 4 is 50.3 Å². The quantitative estimate of drug-likeness (QED) is 0.757. The molecule has 4 nitrogen and oxygen atoms in total. The maximum atomic E-state index is 12.3. The maximum Gasteiger partial charge on any atom is 0.263 e. The Hall–Kier alpha value is -1.05. The van der Waals surface area contributed by atoms with Crippen molar-refractivity contribution in [3.05, 3.63) is 37.4 Å². The summed E-state index contributed by atoms with van der Waals surface area (Å²) in [7, 11) is 0. The Bertz CT molecular complexity index is 646. The monoisotopic (exact) mass is 384 g/mol. The van der Waals surface area contributed by atoms with Gasteiger partial charge < -0.3 is 4.90 Å². The second-order valence-corrected chi connectivity index (χ2v) is 8.23. The van der Waals surface area contributed by atoms with Crippen LogP contribution in [0.1, 0.15) is 32.3 Å². The molecule has 0 unspecified atom stereocenters. The van der Waals surface area contributed by atoms with Gasteiger partial charge in [0.2, 0.25) is 0 Å². The van der Waals surface area contributed by atoms with E-state index in [-0.39, 0.29) is 17.6 Å². The number of carbonyl (C=O) groups is 2. The average molecular weight is 385 g/mol. The van der Waals surface area contributed by atoms with E-state index in [1.165, 1.54) is 22.7 Å². The van der Waals surface area contributed by atoms with E-state index < -0.39 is 0 Å². The van der Waals surface area contributed by atoms with Crippen molar-refractivity contribution < 1.29 is 9.59 Å². The van der Waals surface area contributed by atoms with Crippen LogP contribution in [0.15, 0.2) is 27.5 Å². The molecule has 0 aliphatic carbocycles. The van der Waals surface area contributed by atoms with E-state index in [1.54, 1.807) is 6.20 Å². The van der Waals surface area contributed by atoms with Crippen LogP contribution in [0.25, 0.3) is 0 Å². The lowest BCUT2D eigenvalue weighted by molar-refractivity contribution is 0.0654. The molecule has 0 aromatic carbocycles. The molecule has 1 amide bonds. The van der Waals surface area contributed by atoms with Crippen molar-refractivity contribution in [3.63, 3.8) is 0 Å². The molecule has 3 heterocycles. The van der Waals surface area contributed by atoms with E-state index in [0.717, 1.165) is 21.5 Å². The van der Waals surface area contributed by atoms with Gasteiger partial charge >= 0.3 is 0 Å². The van der Waals surface area contributed by atoms with Gasteiger partial charge in [0.1, 0.15) is 0 Å². The van der Waals surface area contributed by atoms with Crippen LogP contribution in [0.2, 0.25) is 0 Å². The fourth-order valence-electron chi connectivity index (χ4n) is 2.45. The van der Waals surface area contributed by atoms with Crippen LogP contribution in [0, 0.1) is 5.92 Å². The smallest absolute Gasteiger partial charge is 0.263 e. The summed E-state index contributed by atoms with van der Waals surface area (Å²) in [5, 5.41) is 2.41. The number of nitrogens with zero attached hydrogens (tertiary/aromatic N) is 2. The molecule has 110 valence electrons. The Morgan fingerprint density at radius 3 is 2.62 bits per heavy atom. The maximum absolute atomic E-state index is 12.3. The average Bonchev–Trinajstić information content (AvgIpc) is 3.17. The third-order valence-electron chi connectivity index (χ3n) is 3.58. The highest BCUT2D eigenvalue weighted by atomic mass is 79.9. The predicted molar refractivity (Wildman–Crippen MR) is 87.1 cm³/mol. The van der Waals surface area contributed by atoms with Crippen molar-refractivity contribution in [2.45, 2.75) is 12.8 Å². The van der Waals surface area contributed by atoms with Gasteiger partial charge in [-0.1, -0.05) is 0 Å². The Balaban J connectivity index is 1.60. The number of rotatable bonds is 3. The molecule has 0 atom stereocenters. The van der Waals surface area contributed by atoms with Gasteiger partial charge in [-0.15, -0.1) is 22.7 Å². The number of likely N-dealkylation sites (tertiary alicyclic amines) is 1. The van der Waals surface area contributed by atoms with Gasteiger partial charge in [0.15, 0.2) is 10.8 Å². The lowest BCUT2D eigenvalue weighted by Crippen LogP contribution is -2.40. The van der Waals surface area contributed by atoms with Crippen LogP contribution < -0.4 is 0 Å². The number of thiophene rings is 1. The number of hydrogen-bond acceptors (Lipinski definition) is 5. The zero-order valence-electron chi connectivity index (χ0n) is 11.1. The Morgan fingerprint density at radius 2 is 2.05 bits per heavy atom. The molecular weight excluding hydrogens is 372 g/mol. The molecule has 0 N–H and O–H groups in total. The molecule has 0 radical (unpaired) electrons.